The molecule has 1 rings (SSSR count). The van der Waals surface area contributed by atoms with Crippen molar-refractivity contribution in [1.82, 2.24) is 0 Å². The van der Waals surface area contributed by atoms with Gasteiger partial charge in [0.15, 0.2) is 0 Å². The smallest absolute Gasteiger partial charge is 0.132 e. The maximum absolute atomic E-state index is 13.8. The molecule has 0 unspecified atom stereocenters. The summed E-state index contributed by atoms with van der Waals surface area (Å²) in [7, 11) is 0. The van der Waals surface area contributed by atoms with Gasteiger partial charge in [0.25, 0.3) is 0 Å². The van der Waals surface area contributed by atoms with Crippen LogP contribution in [0, 0.1) is 24.1 Å². The summed E-state index contributed by atoms with van der Waals surface area (Å²) in [5.41, 5.74) is 1.84. The molecule has 17 heavy (non-hydrogen) atoms. The van der Waals surface area contributed by atoms with E-state index in [-0.39, 0.29) is 11.7 Å². The van der Waals surface area contributed by atoms with Gasteiger partial charge in [-0.05, 0) is 37.5 Å². The molecule has 0 amide bonds. The molecule has 0 radical (unpaired) electrons. The van der Waals surface area contributed by atoms with Gasteiger partial charge in [-0.15, -0.1) is 0 Å². The highest BCUT2D eigenvalue weighted by atomic mass is 19.1. The van der Waals surface area contributed by atoms with Gasteiger partial charge in [-0.2, -0.15) is 0 Å². The molecule has 0 aliphatic heterocycles. The largest absolute Gasteiger partial charge is 0.304 e. The Labute approximate surface area is 104 Å². The number of benzene rings is 1. The summed E-state index contributed by atoms with van der Waals surface area (Å²) < 4.78 is 13.8. The normalized spacial score (nSPS) is 10.9. The third-order valence-electron chi connectivity index (χ3n) is 3.10. The molecule has 0 heterocycles. The Hall–Kier alpha value is -1.18. The molecule has 1 nitrogen and oxygen atoms in total. The summed E-state index contributed by atoms with van der Waals surface area (Å²) in [5.74, 6) is -0.0607. The molecule has 0 saturated heterocycles. The van der Waals surface area contributed by atoms with Gasteiger partial charge in [0, 0.05) is 17.2 Å². The summed E-state index contributed by atoms with van der Waals surface area (Å²) in [6.07, 6.45) is 4.03. The summed E-state index contributed by atoms with van der Waals surface area (Å²) in [5, 5.41) is 8.16. The van der Waals surface area contributed by atoms with Crippen LogP contribution in [0.3, 0.4) is 0 Å². The van der Waals surface area contributed by atoms with E-state index in [0.29, 0.717) is 11.3 Å². The van der Waals surface area contributed by atoms with E-state index in [2.05, 4.69) is 13.8 Å². The molecule has 0 atom stereocenters. The molecular formula is C15H22FN. The zero-order chi connectivity index (χ0) is 12.8. The quantitative estimate of drug-likeness (QED) is 0.690. The van der Waals surface area contributed by atoms with Crippen LogP contribution >= 0.6 is 0 Å². The predicted molar refractivity (Wildman–Crippen MR) is 71.3 cm³/mol. The van der Waals surface area contributed by atoms with Gasteiger partial charge in [-0.1, -0.05) is 32.8 Å². The second kappa shape index (κ2) is 6.53. The lowest BCUT2D eigenvalue weighted by Crippen LogP contribution is -2.16. The zero-order valence-corrected chi connectivity index (χ0v) is 11.0. The topological polar surface area (TPSA) is 23.9 Å². The van der Waals surface area contributed by atoms with Crippen molar-refractivity contribution in [2.45, 2.75) is 46.5 Å². The molecule has 1 aromatic rings. The monoisotopic (exact) mass is 235 g/mol. The minimum atomic E-state index is -0.257. The van der Waals surface area contributed by atoms with Gasteiger partial charge in [-0.25, -0.2) is 4.39 Å². The van der Waals surface area contributed by atoms with Gasteiger partial charge in [-0.3, -0.25) is 0 Å². The molecule has 0 saturated carbocycles. The van der Waals surface area contributed by atoms with E-state index in [1.165, 1.54) is 6.07 Å². The van der Waals surface area contributed by atoms with E-state index < -0.39 is 0 Å². The number of aryl methyl sites for hydroxylation is 1. The van der Waals surface area contributed by atoms with Crippen LogP contribution in [0.4, 0.5) is 4.39 Å². The first kappa shape index (κ1) is 13.9. The average Bonchev–Trinajstić information content (AvgIpc) is 2.28. The molecule has 1 aromatic carbocycles. The summed E-state index contributed by atoms with van der Waals surface area (Å²) >= 11 is 0. The minimum Gasteiger partial charge on any atom is -0.304 e. The van der Waals surface area contributed by atoms with Crippen LogP contribution in [-0.2, 0) is 0 Å². The van der Waals surface area contributed by atoms with Crippen LogP contribution in [-0.4, -0.2) is 5.71 Å². The second-order valence-electron chi connectivity index (χ2n) is 4.67. The van der Waals surface area contributed by atoms with Crippen molar-refractivity contribution in [3.8, 4) is 0 Å². The SMILES string of the molecule is CCCC(CCC)C(=N)c1ccc(C)cc1F. The van der Waals surface area contributed by atoms with Crippen LogP contribution in [0.5, 0.6) is 0 Å². The first-order chi connectivity index (χ1) is 8.10. The molecular weight excluding hydrogens is 213 g/mol. The van der Waals surface area contributed by atoms with Crippen molar-refractivity contribution in [2.24, 2.45) is 5.92 Å². The van der Waals surface area contributed by atoms with Gasteiger partial charge in [0.2, 0.25) is 0 Å². The Morgan fingerprint density at radius 3 is 2.29 bits per heavy atom. The average molecular weight is 235 g/mol. The third kappa shape index (κ3) is 3.65. The number of nitrogens with one attached hydrogen (secondary N) is 1. The Balaban J connectivity index is 2.92. The molecule has 94 valence electrons. The zero-order valence-electron chi connectivity index (χ0n) is 11.0. The fourth-order valence-corrected chi connectivity index (χ4v) is 2.19. The standard InChI is InChI=1S/C15H22FN/c1-4-6-12(7-5-2)15(17)13-9-8-11(3)10-14(13)16/h8-10,12,17H,4-7H2,1-3H3. The molecule has 1 N–H and O–H groups in total. The van der Waals surface area contributed by atoms with E-state index in [9.17, 15) is 4.39 Å². The van der Waals surface area contributed by atoms with Gasteiger partial charge >= 0.3 is 0 Å². The summed E-state index contributed by atoms with van der Waals surface area (Å²) in [6, 6.07) is 5.13. The van der Waals surface area contributed by atoms with Gasteiger partial charge < -0.3 is 5.41 Å². The van der Waals surface area contributed by atoms with Crippen molar-refractivity contribution in [3.63, 3.8) is 0 Å². The number of hydrogen-bond donors (Lipinski definition) is 1. The number of halogens is 1. The molecule has 0 aliphatic rings. The predicted octanol–water partition coefficient (Wildman–Crippen LogP) is 4.72. The highest BCUT2D eigenvalue weighted by molar-refractivity contribution is 6.00. The van der Waals surface area contributed by atoms with Crippen molar-refractivity contribution < 1.29 is 4.39 Å². The fourth-order valence-electron chi connectivity index (χ4n) is 2.19. The maximum Gasteiger partial charge on any atom is 0.132 e. The Kier molecular flexibility index (Phi) is 5.33. The summed E-state index contributed by atoms with van der Waals surface area (Å²) in [6.45, 7) is 6.09. The van der Waals surface area contributed by atoms with E-state index in [1.807, 2.05) is 13.0 Å². The van der Waals surface area contributed by atoms with E-state index in [0.717, 1.165) is 31.2 Å². The second-order valence-corrected chi connectivity index (χ2v) is 4.67. The lowest BCUT2D eigenvalue weighted by molar-refractivity contribution is 0.552. The van der Waals surface area contributed by atoms with E-state index >= 15 is 0 Å². The van der Waals surface area contributed by atoms with Crippen LogP contribution in [0.25, 0.3) is 0 Å². The van der Waals surface area contributed by atoms with Gasteiger partial charge in [0.1, 0.15) is 5.82 Å². The van der Waals surface area contributed by atoms with Crippen LogP contribution < -0.4 is 0 Å². The van der Waals surface area contributed by atoms with Crippen LogP contribution in [0.15, 0.2) is 18.2 Å². The van der Waals surface area contributed by atoms with Crippen molar-refractivity contribution >= 4 is 5.71 Å². The molecule has 0 aromatic heterocycles. The third-order valence-corrected chi connectivity index (χ3v) is 3.10. The molecule has 0 aliphatic carbocycles. The molecule has 2 heteroatoms. The van der Waals surface area contributed by atoms with Crippen molar-refractivity contribution in [2.75, 3.05) is 0 Å². The Morgan fingerprint density at radius 1 is 1.24 bits per heavy atom. The highest BCUT2D eigenvalue weighted by Crippen LogP contribution is 2.21. The lowest BCUT2D eigenvalue weighted by atomic mass is 9.88. The lowest BCUT2D eigenvalue weighted by Gasteiger charge is -2.17. The molecule has 0 bridgehead atoms. The Bertz CT molecular complexity index is 379. The Morgan fingerprint density at radius 2 is 1.82 bits per heavy atom. The van der Waals surface area contributed by atoms with E-state index in [4.69, 9.17) is 5.41 Å². The van der Waals surface area contributed by atoms with Gasteiger partial charge in [0.05, 0.1) is 0 Å². The van der Waals surface area contributed by atoms with E-state index in [1.54, 1.807) is 6.07 Å². The first-order valence-corrected chi connectivity index (χ1v) is 6.45. The summed E-state index contributed by atoms with van der Waals surface area (Å²) in [4.78, 5) is 0. The molecule has 0 fully saturated rings. The number of rotatable bonds is 6. The number of hydrogen-bond acceptors (Lipinski definition) is 1. The first-order valence-electron chi connectivity index (χ1n) is 6.45. The minimum absolute atomic E-state index is 0.196. The van der Waals surface area contributed by atoms with Crippen molar-refractivity contribution in [3.05, 3.63) is 35.1 Å². The van der Waals surface area contributed by atoms with Crippen LogP contribution in [0.2, 0.25) is 0 Å². The van der Waals surface area contributed by atoms with Crippen molar-refractivity contribution in [1.29, 1.82) is 5.41 Å². The maximum atomic E-state index is 13.8. The molecule has 0 spiro atoms. The fraction of sp³-hybridized carbons (Fsp3) is 0.533. The van der Waals surface area contributed by atoms with Crippen LogP contribution in [0.1, 0.15) is 50.7 Å². The highest BCUT2D eigenvalue weighted by Gasteiger charge is 2.17.